The lowest BCUT2D eigenvalue weighted by molar-refractivity contribution is 0.232. The fourth-order valence-corrected chi connectivity index (χ4v) is 1.64. The third kappa shape index (κ3) is 3.93. The number of nitrogens with one attached hydrogen (secondary N) is 1. The fourth-order valence-electron chi connectivity index (χ4n) is 1.64. The molecule has 0 fully saturated rings. The molecule has 100 valence electrons. The molecule has 19 heavy (non-hydrogen) atoms. The van der Waals surface area contributed by atoms with Crippen LogP contribution in [0.25, 0.3) is 0 Å². The van der Waals surface area contributed by atoms with Gasteiger partial charge in [0, 0.05) is 18.3 Å². The molecule has 2 rings (SSSR count). The average molecular weight is 258 g/mol. The Morgan fingerprint density at radius 2 is 2.11 bits per heavy atom. The normalized spacial score (nSPS) is 10.5. The molecule has 2 aromatic rings. The highest BCUT2D eigenvalue weighted by molar-refractivity contribution is 5.57. The van der Waals surface area contributed by atoms with Gasteiger partial charge < -0.3 is 15.8 Å². The van der Waals surface area contributed by atoms with Crippen molar-refractivity contribution in [2.45, 2.75) is 26.5 Å². The Balaban J connectivity index is 2.13. The zero-order valence-electron chi connectivity index (χ0n) is 11.1. The van der Waals surface area contributed by atoms with Crippen LogP contribution in [0.2, 0.25) is 0 Å². The van der Waals surface area contributed by atoms with Crippen molar-refractivity contribution in [1.29, 1.82) is 0 Å². The topological polar surface area (TPSA) is 73.1 Å². The number of ether oxygens (including phenoxy) is 1. The van der Waals surface area contributed by atoms with Crippen LogP contribution in [0.3, 0.4) is 0 Å². The molecule has 0 bridgehead atoms. The molecule has 0 aliphatic rings. The summed E-state index contributed by atoms with van der Waals surface area (Å²) < 4.78 is 5.53. The summed E-state index contributed by atoms with van der Waals surface area (Å²) in [5.74, 6) is 1.25. The van der Waals surface area contributed by atoms with E-state index in [0.29, 0.717) is 18.2 Å². The second-order valence-electron chi connectivity index (χ2n) is 4.44. The minimum atomic E-state index is 0.0864. The molecular weight excluding hydrogens is 240 g/mol. The zero-order chi connectivity index (χ0) is 13.7. The van der Waals surface area contributed by atoms with Crippen LogP contribution in [0.5, 0.6) is 5.88 Å². The van der Waals surface area contributed by atoms with Gasteiger partial charge in [0.25, 0.3) is 0 Å². The van der Waals surface area contributed by atoms with Crippen molar-refractivity contribution in [3.63, 3.8) is 0 Å². The van der Waals surface area contributed by atoms with Gasteiger partial charge in [-0.1, -0.05) is 12.1 Å². The van der Waals surface area contributed by atoms with E-state index in [1.165, 1.54) is 6.33 Å². The molecule has 1 aromatic carbocycles. The second kappa shape index (κ2) is 6.15. The molecule has 5 nitrogen and oxygen atoms in total. The molecule has 0 radical (unpaired) electrons. The van der Waals surface area contributed by atoms with Gasteiger partial charge in [0.2, 0.25) is 5.88 Å². The molecule has 0 saturated heterocycles. The summed E-state index contributed by atoms with van der Waals surface area (Å²) in [6.07, 6.45) is 1.57. The van der Waals surface area contributed by atoms with E-state index in [1.807, 2.05) is 38.1 Å². The maximum absolute atomic E-state index is 5.62. The summed E-state index contributed by atoms with van der Waals surface area (Å²) in [5.41, 5.74) is 7.63. The van der Waals surface area contributed by atoms with Crippen LogP contribution in [0, 0.1) is 0 Å². The van der Waals surface area contributed by atoms with E-state index >= 15 is 0 Å². The van der Waals surface area contributed by atoms with Crippen molar-refractivity contribution in [2.75, 3.05) is 5.32 Å². The molecule has 0 unspecified atom stereocenters. The smallest absolute Gasteiger partial charge is 0.218 e. The maximum atomic E-state index is 5.62. The molecule has 5 heteroatoms. The van der Waals surface area contributed by atoms with Gasteiger partial charge in [0.15, 0.2) is 0 Å². The molecule has 0 atom stereocenters. The highest BCUT2D eigenvalue weighted by atomic mass is 16.5. The summed E-state index contributed by atoms with van der Waals surface area (Å²) in [4.78, 5) is 8.23. The predicted octanol–water partition coefficient (Wildman–Crippen LogP) is 2.47. The van der Waals surface area contributed by atoms with Crippen molar-refractivity contribution in [3.8, 4) is 5.88 Å². The van der Waals surface area contributed by atoms with E-state index in [0.717, 1.165) is 11.3 Å². The highest BCUT2D eigenvalue weighted by Crippen LogP contribution is 2.18. The van der Waals surface area contributed by atoms with E-state index in [-0.39, 0.29) is 6.10 Å². The van der Waals surface area contributed by atoms with Crippen molar-refractivity contribution in [1.82, 2.24) is 9.97 Å². The SMILES string of the molecule is CC(C)Oc1cc(Nc2cccc(CN)c2)ncn1. The van der Waals surface area contributed by atoms with Crippen LogP contribution in [0.1, 0.15) is 19.4 Å². The van der Waals surface area contributed by atoms with Gasteiger partial charge in [0.05, 0.1) is 6.10 Å². The largest absolute Gasteiger partial charge is 0.475 e. The van der Waals surface area contributed by atoms with Gasteiger partial charge >= 0.3 is 0 Å². The number of hydrogen-bond acceptors (Lipinski definition) is 5. The maximum Gasteiger partial charge on any atom is 0.218 e. The minimum absolute atomic E-state index is 0.0864. The summed E-state index contributed by atoms with van der Waals surface area (Å²) >= 11 is 0. The van der Waals surface area contributed by atoms with Crippen molar-refractivity contribution in [2.24, 2.45) is 5.73 Å². The lowest BCUT2D eigenvalue weighted by Crippen LogP contribution is -2.07. The first-order valence-electron chi connectivity index (χ1n) is 6.22. The monoisotopic (exact) mass is 258 g/mol. The Hall–Kier alpha value is -2.14. The van der Waals surface area contributed by atoms with Gasteiger partial charge in [-0.25, -0.2) is 9.97 Å². The Morgan fingerprint density at radius 1 is 1.26 bits per heavy atom. The fraction of sp³-hybridized carbons (Fsp3) is 0.286. The summed E-state index contributed by atoms with van der Waals surface area (Å²) in [5, 5.41) is 3.21. The van der Waals surface area contributed by atoms with Crippen LogP contribution >= 0.6 is 0 Å². The first-order valence-corrected chi connectivity index (χ1v) is 6.22. The van der Waals surface area contributed by atoms with Gasteiger partial charge in [-0.05, 0) is 31.5 Å². The highest BCUT2D eigenvalue weighted by Gasteiger charge is 2.02. The zero-order valence-corrected chi connectivity index (χ0v) is 11.1. The van der Waals surface area contributed by atoms with Gasteiger partial charge in [0.1, 0.15) is 12.1 Å². The van der Waals surface area contributed by atoms with Crippen molar-refractivity contribution < 1.29 is 4.74 Å². The predicted molar refractivity (Wildman–Crippen MR) is 75.4 cm³/mol. The second-order valence-corrected chi connectivity index (χ2v) is 4.44. The number of hydrogen-bond donors (Lipinski definition) is 2. The number of anilines is 2. The number of benzene rings is 1. The third-order valence-electron chi connectivity index (χ3n) is 2.43. The molecule has 1 aromatic heterocycles. The van der Waals surface area contributed by atoms with E-state index < -0.39 is 0 Å². The number of nitrogens with zero attached hydrogens (tertiary/aromatic N) is 2. The van der Waals surface area contributed by atoms with Crippen molar-refractivity contribution >= 4 is 11.5 Å². The third-order valence-corrected chi connectivity index (χ3v) is 2.43. The van der Waals surface area contributed by atoms with Crippen LogP contribution < -0.4 is 15.8 Å². The van der Waals surface area contributed by atoms with Crippen LogP contribution in [0.15, 0.2) is 36.7 Å². The van der Waals surface area contributed by atoms with Crippen LogP contribution in [-0.2, 0) is 6.54 Å². The summed E-state index contributed by atoms with van der Waals surface area (Å²) in [7, 11) is 0. The first kappa shape index (κ1) is 13.3. The Bertz CT molecular complexity index is 542. The lowest BCUT2D eigenvalue weighted by Gasteiger charge is -2.10. The Kier molecular flexibility index (Phi) is 4.30. The molecule has 0 spiro atoms. The van der Waals surface area contributed by atoms with Crippen LogP contribution in [0.4, 0.5) is 11.5 Å². The number of nitrogens with two attached hydrogens (primary N) is 1. The van der Waals surface area contributed by atoms with E-state index in [2.05, 4.69) is 15.3 Å². The van der Waals surface area contributed by atoms with Gasteiger partial charge in [-0.15, -0.1) is 0 Å². The molecule has 1 heterocycles. The molecule has 3 N–H and O–H groups in total. The summed E-state index contributed by atoms with van der Waals surface area (Å²) in [6.45, 7) is 4.43. The Morgan fingerprint density at radius 3 is 2.84 bits per heavy atom. The molecular formula is C14H18N4O. The Labute approximate surface area is 112 Å². The molecule has 0 aliphatic heterocycles. The van der Waals surface area contributed by atoms with Gasteiger partial charge in [-0.3, -0.25) is 0 Å². The standard InChI is InChI=1S/C14H18N4O/c1-10(2)19-14-7-13(16-9-17-14)18-12-5-3-4-11(6-12)8-15/h3-7,9-10H,8,15H2,1-2H3,(H,16,17,18). The van der Waals surface area contributed by atoms with E-state index in [4.69, 9.17) is 10.5 Å². The van der Waals surface area contributed by atoms with Gasteiger partial charge in [-0.2, -0.15) is 0 Å². The van der Waals surface area contributed by atoms with E-state index in [9.17, 15) is 0 Å². The van der Waals surface area contributed by atoms with Crippen molar-refractivity contribution in [3.05, 3.63) is 42.2 Å². The molecule has 0 aliphatic carbocycles. The number of rotatable bonds is 5. The number of aromatic nitrogens is 2. The molecule has 0 saturated carbocycles. The average Bonchev–Trinajstić information content (AvgIpc) is 2.38. The summed E-state index contributed by atoms with van der Waals surface area (Å²) in [6, 6.07) is 9.67. The lowest BCUT2D eigenvalue weighted by atomic mass is 10.2. The first-order chi connectivity index (χ1) is 9.17. The van der Waals surface area contributed by atoms with Crippen LogP contribution in [-0.4, -0.2) is 16.1 Å². The quantitative estimate of drug-likeness (QED) is 0.861. The van der Waals surface area contributed by atoms with E-state index in [1.54, 1.807) is 6.07 Å². The molecule has 0 amide bonds. The minimum Gasteiger partial charge on any atom is -0.475 e.